The number of benzene rings is 2. The first kappa shape index (κ1) is 18.9. The van der Waals surface area contributed by atoms with Crippen molar-refractivity contribution in [1.29, 1.82) is 0 Å². The topological polar surface area (TPSA) is 7.12 Å². The van der Waals surface area contributed by atoms with Crippen LogP contribution in [-0.2, 0) is 6.54 Å². The van der Waals surface area contributed by atoms with Crippen molar-refractivity contribution in [3.63, 3.8) is 0 Å². The van der Waals surface area contributed by atoms with Gasteiger partial charge in [0.2, 0.25) is 0 Å². The number of hydrogen-bond acceptors (Lipinski definition) is 1. The van der Waals surface area contributed by atoms with E-state index in [9.17, 15) is 0 Å². The summed E-state index contributed by atoms with van der Waals surface area (Å²) in [5, 5.41) is 0. The Morgan fingerprint density at radius 1 is 0.793 bits per heavy atom. The fourth-order valence-corrected chi connectivity index (χ4v) is 3.57. The fourth-order valence-electron chi connectivity index (χ4n) is 3.57. The second kappa shape index (κ2) is 8.74. The molecule has 2 nitrogen and oxygen atoms in total. The summed E-state index contributed by atoms with van der Waals surface area (Å²) in [6, 6.07) is 23.7. The third kappa shape index (κ3) is 4.72. The van der Waals surface area contributed by atoms with Gasteiger partial charge in [0, 0.05) is 31.9 Å². The first-order valence-corrected chi connectivity index (χ1v) is 10.1. The number of anilines is 1. The van der Waals surface area contributed by atoms with Gasteiger partial charge in [-0.25, -0.2) is 4.57 Å². The summed E-state index contributed by atoms with van der Waals surface area (Å²) < 4.78 is 2.24. The first-order valence-electron chi connectivity index (χ1n) is 10.1. The largest absolute Gasteiger partial charge is 0.377 e. The normalized spacial score (nSPS) is 13.4. The Bertz CT molecular complexity index is 1040. The molecule has 0 saturated heterocycles. The highest BCUT2D eigenvalue weighted by Gasteiger charge is 2.08. The van der Waals surface area contributed by atoms with Crippen molar-refractivity contribution in [2.24, 2.45) is 0 Å². The lowest BCUT2D eigenvalue weighted by Crippen LogP contribution is -2.33. The molecule has 0 atom stereocenters. The second-order valence-electron chi connectivity index (χ2n) is 7.61. The van der Waals surface area contributed by atoms with Gasteiger partial charge in [0.25, 0.3) is 0 Å². The van der Waals surface area contributed by atoms with Crippen molar-refractivity contribution >= 4 is 11.3 Å². The molecule has 0 unspecified atom stereocenters. The average molecular weight is 380 g/mol. The third-order valence-corrected chi connectivity index (χ3v) is 5.29. The zero-order valence-electron chi connectivity index (χ0n) is 17.1. The minimum atomic E-state index is 0.911. The van der Waals surface area contributed by atoms with Crippen LogP contribution in [0.1, 0.15) is 12.0 Å². The van der Waals surface area contributed by atoms with Crippen LogP contribution in [0.2, 0.25) is 0 Å². The molecule has 0 spiro atoms. The van der Waals surface area contributed by atoms with Crippen LogP contribution in [0.15, 0.2) is 109 Å². The molecule has 29 heavy (non-hydrogen) atoms. The Morgan fingerprint density at radius 2 is 1.45 bits per heavy atom. The van der Waals surface area contributed by atoms with Crippen molar-refractivity contribution in [2.75, 3.05) is 19.0 Å². The minimum absolute atomic E-state index is 0.911. The Hall–Kier alpha value is -3.39. The average Bonchev–Trinajstić information content (AvgIpc) is 3.00. The van der Waals surface area contributed by atoms with E-state index in [0.29, 0.717) is 0 Å². The molecule has 1 aromatic heterocycles. The second-order valence-corrected chi connectivity index (χ2v) is 7.61. The van der Waals surface area contributed by atoms with Gasteiger partial charge in [-0.1, -0.05) is 78.9 Å². The van der Waals surface area contributed by atoms with Crippen LogP contribution in [-0.4, -0.2) is 14.1 Å². The summed E-state index contributed by atoms with van der Waals surface area (Å²) >= 11 is 0. The van der Waals surface area contributed by atoms with Crippen LogP contribution in [0.3, 0.4) is 0 Å². The smallest absolute Gasteiger partial charge is 0.171 e. The van der Waals surface area contributed by atoms with Gasteiger partial charge in [-0.2, -0.15) is 0 Å². The number of aromatic nitrogens is 1. The van der Waals surface area contributed by atoms with Gasteiger partial charge in [0.1, 0.15) is 0 Å². The molecular weight excluding hydrogens is 352 g/mol. The minimum Gasteiger partial charge on any atom is -0.377 e. The van der Waals surface area contributed by atoms with Crippen LogP contribution < -0.4 is 9.47 Å². The highest BCUT2D eigenvalue weighted by Crippen LogP contribution is 2.25. The van der Waals surface area contributed by atoms with Gasteiger partial charge < -0.3 is 4.90 Å². The van der Waals surface area contributed by atoms with Crippen LogP contribution in [0.4, 0.5) is 5.69 Å². The quantitative estimate of drug-likeness (QED) is 0.518. The van der Waals surface area contributed by atoms with E-state index in [0.717, 1.165) is 13.0 Å². The van der Waals surface area contributed by atoms with Crippen molar-refractivity contribution in [3.05, 3.63) is 115 Å². The zero-order valence-corrected chi connectivity index (χ0v) is 17.1. The van der Waals surface area contributed by atoms with E-state index in [1.165, 1.54) is 33.5 Å². The molecule has 144 valence electrons. The Kier molecular flexibility index (Phi) is 5.71. The number of rotatable bonds is 5. The molecule has 0 amide bonds. The van der Waals surface area contributed by atoms with Crippen LogP contribution >= 0.6 is 0 Å². The van der Waals surface area contributed by atoms with Crippen molar-refractivity contribution < 1.29 is 4.57 Å². The summed E-state index contributed by atoms with van der Waals surface area (Å²) in [5.41, 5.74) is 7.67. The molecule has 0 N–H and O–H groups in total. The van der Waals surface area contributed by atoms with Gasteiger partial charge >= 0.3 is 0 Å². The standard InChI is InChI=1S/C27H27N2/c1-28(2)27-17-19-29(20-18-27)21-22-7-6-10-24(12-11-22)26-15-13-25(14-16-26)23-8-4-3-5-9-23/h3-10,12-20H,11,21H2,1-2H3/q+1. The van der Waals surface area contributed by atoms with Gasteiger partial charge in [0.15, 0.2) is 18.9 Å². The highest BCUT2D eigenvalue weighted by molar-refractivity contribution is 5.77. The molecule has 0 saturated carbocycles. The molecule has 0 bridgehead atoms. The first-order chi connectivity index (χ1) is 14.2. The van der Waals surface area contributed by atoms with Crippen molar-refractivity contribution in [3.8, 4) is 11.1 Å². The molecule has 1 aliphatic carbocycles. The zero-order chi connectivity index (χ0) is 20.1. The maximum Gasteiger partial charge on any atom is 0.171 e. The molecule has 1 heterocycles. The lowest BCUT2D eigenvalue weighted by molar-refractivity contribution is -0.689. The summed E-state index contributed by atoms with van der Waals surface area (Å²) in [4.78, 5) is 2.12. The molecular formula is C27H27N2+. The molecule has 1 aliphatic rings. The van der Waals surface area contributed by atoms with E-state index >= 15 is 0 Å². The Balaban J connectivity index is 1.44. The van der Waals surface area contributed by atoms with E-state index in [1.54, 1.807) is 0 Å². The number of allylic oxidation sites excluding steroid dienone is 6. The maximum absolute atomic E-state index is 2.33. The molecule has 2 aromatic carbocycles. The van der Waals surface area contributed by atoms with Crippen LogP contribution in [0, 0.1) is 0 Å². The maximum atomic E-state index is 2.33. The number of hydrogen-bond donors (Lipinski definition) is 0. The summed E-state index contributed by atoms with van der Waals surface area (Å²) in [6.45, 7) is 0.911. The number of pyridine rings is 1. The van der Waals surface area contributed by atoms with E-state index in [4.69, 9.17) is 0 Å². The SMILES string of the molecule is CN(C)c1cc[n+](CC2=CC=CC(c3ccc(-c4ccccc4)cc3)=CC2)cc1. The predicted molar refractivity (Wildman–Crippen MR) is 123 cm³/mol. The summed E-state index contributed by atoms with van der Waals surface area (Å²) in [5.74, 6) is 0. The fraction of sp³-hybridized carbons (Fsp3) is 0.148. The van der Waals surface area contributed by atoms with Crippen LogP contribution in [0.5, 0.6) is 0 Å². The van der Waals surface area contributed by atoms with Gasteiger partial charge in [-0.3, -0.25) is 0 Å². The third-order valence-electron chi connectivity index (χ3n) is 5.29. The van der Waals surface area contributed by atoms with E-state index in [1.807, 2.05) is 0 Å². The Labute approximate surface area is 173 Å². The molecule has 0 aliphatic heterocycles. The molecule has 2 heteroatoms. The monoisotopic (exact) mass is 379 g/mol. The van der Waals surface area contributed by atoms with Gasteiger partial charge in [-0.05, 0) is 34.3 Å². The molecule has 3 aromatic rings. The summed E-state index contributed by atoms with van der Waals surface area (Å²) in [6.07, 6.45) is 14.2. The van der Waals surface area contributed by atoms with Crippen LogP contribution in [0.25, 0.3) is 16.7 Å². The highest BCUT2D eigenvalue weighted by atomic mass is 15.1. The Morgan fingerprint density at radius 3 is 2.14 bits per heavy atom. The van der Waals surface area contributed by atoms with Gasteiger partial charge in [0.05, 0.1) is 0 Å². The molecule has 0 radical (unpaired) electrons. The summed E-state index contributed by atoms with van der Waals surface area (Å²) in [7, 11) is 4.13. The van der Waals surface area contributed by atoms with Crippen molar-refractivity contribution in [2.45, 2.75) is 13.0 Å². The lowest BCUT2D eigenvalue weighted by atomic mass is 9.99. The van der Waals surface area contributed by atoms with Crippen molar-refractivity contribution in [1.82, 2.24) is 0 Å². The lowest BCUT2D eigenvalue weighted by Gasteiger charge is -2.10. The predicted octanol–water partition coefficient (Wildman–Crippen LogP) is 5.68. The van der Waals surface area contributed by atoms with Gasteiger partial charge in [-0.15, -0.1) is 0 Å². The molecule has 0 fully saturated rings. The van der Waals surface area contributed by atoms with E-state index < -0.39 is 0 Å². The van der Waals surface area contributed by atoms with E-state index in [2.05, 4.69) is 127 Å². The van der Waals surface area contributed by atoms with E-state index in [-0.39, 0.29) is 0 Å². The molecule has 4 rings (SSSR count). The number of nitrogens with zero attached hydrogens (tertiary/aromatic N) is 2.